The molecule has 0 atom stereocenters. The van der Waals surface area contributed by atoms with Crippen molar-refractivity contribution in [1.29, 1.82) is 0 Å². The maximum absolute atomic E-state index is 10.7. The molecule has 13 rings (SSSR count). The van der Waals surface area contributed by atoms with Crippen molar-refractivity contribution in [3.8, 4) is 23.0 Å². The number of aromatic hydroxyl groups is 4. The van der Waals surface area contributed by atoms with Gasteiger partial charge in [-0.2, -0.15) is 12.6 Å². The van der Waals surface area contributed by atoms with Crippen LogP contribution < -0.4 is 5.32 Å². The maximum Gasteiger partial charge on any atom is 0.500 e. The highest BCUT2D eigenvalue weighted by Crippen LogP contribution is 2.61. The second-order valence-corrected chi connectivity index (χ2v) is 53.3. The van der Waals surface area contributed by atoms with Crippen LogP contribution in [-0.4, -0.2) is 155 Å². The molecule has 0 bridgehead atoms. The number of rotatable bonds is 38. The number of nitrogens with one attached hydrogen (secondary N) is 1. The van der Waals surface area contributed by atoms with Crippen molar-refractivity contribution >= 4 is 44.2 Å². The van der Waals surface area contributed by atoms with E-state index < -0.39 is 25.9 Å². The Kier molecular flexibility index (Phi) is 44.0. The van der Waals surface area contributed by atoms with Gasteiger partial charge in [0.15, 0.2) is 0 Å². The molecule has 0 heterocycles. The predicted octanol–water partition coefficient (Wildman–Crippen LogP) is 28.5. The number of hydrogen-bond acceptors (Lipinski definition) is 16. The first kappa shape index (κ1) is 116. The topological polar surface area (TPSA) is 201 Å². The first-order valence-electron chi connectivity index (χ1n) is 52.6. The van der Waals surface area contributed by atoms with Gasteiger partial charge >= 0.3 is 25.9 Å². The maximum atomic E-state index is 10.7. The number of thiol groups is 1. The minimum absolute atomic E-state index is 0.102. The molecule has 140 heavy (non-hydrogen) atoms. The molecule has 0 radical (unpaired) electrons. The van der Waals surface area contributed by atoms with Crippen LogP contribution in [0.4, 0.5) is 5.69 Å². The lowest BCUT2D eigenvalue weighted by molar-refractivity contribution is 0.0363. The summed E-state index contributed by atoms with van der Waals surface area (Å²) >= 11 is 4.12. The molecule has 4 fully saturated rings. The zero-order chi connectivity index (χ0) is 103. The van der Waals surface area contributed by atoms with Crippen molar-refractivity contribution in [2.45, 2.75) is 306 Å². The van der Waals surface area contributed by atoms with Crippen LogP contribution in [0.15, 0.2) is 176 Å². The second-order valence-electron chi connectivity index (χ2n) is 43.0. The Labute approximate surface area is 854 Å². The van der Waals surface area contributed by atoms with Gasteiger partial charge in [0.2, 0.25) is 0 Å². The Morgan fingerprint density at radius 3 is 0.814 bits per heavy atom. The standard InChI is InChI=1S/C47H60.C43H52O4.C13H31NO5Si.C12H21NO2Si.C6H16O2SSi/c1-31-11-15-41(27-35(31)5)46(42-16-12-32(2)36(6)28-42)23-19-39(20-24-46)45(9,10)40-21-25-47(26-22-40,43-17-13-33(3)37(7)29-43)44-18-14-34(4)38(8)30-44;1-27-7-11-33(23-37(27)44)42(34-12-8-28(2)38(45)24-34)19-15-31(16-20-42)41(5,6)32-17-21-43(22-18-32,35-13-9-29(3)39(46)25-35)36-14-10-30(4)40(47)26-36;1-4-17-20(18-5-2,19-6-3)13-7-8-14(9-11-15)10-12-16;1-14-16(3,15-2)11-7-10-13-12-8-5-4-6-9-12;1-7-10(3,8-2)6-4-5-9/h11-18,27-30,39-40H,19-26H2,1-10H3;7-14,23-26,31-32,44-47H,15-22H2,1-6H3;15-16H,4-13H2,1-3H3;4-6,8-9,13H,7,10-11H2,1-3H3;9H,4-6H2,1-3H3. The van der Waals surface area contributed by atoms with E-state index in [9.17, 15) is 20.4 Å². The smallest absolute Gasteiger partial charge is 0.500 e. The molecule has 9 aromatic rings. The number of aliphatic hydroxyl groups excluding tert-OH is 2. The van der Waals surface area contributed by atoms with E-state index in [-0.39, 0.29) is 40.3 Å². The van der Waals surface area contributed by atoms with Gasteiger partial charge in [-0.3, -0.25) is 4.90 Å². The van der Waals surface area contributed by atoms with E-state index in [2.05, 4.69) is 223 Å². The molecule has 770 valence electrons. The summed E-state index contributed by atoms with van der Waals surface area (Å²) in [4.78, 5) is 2.03. The van der Waals surface area contributed by atoms with Crippen molar-refractivity contribution < 1.29 is 61.6 Å². The van der Waals surface area contributed by atoms with E-state index in [1.807, 2.05) is 120 Å². The second kappa shape index (κ2) is 53.1. The van der Waals surface area contributed by atoms with Crippen LogP contribution in [-0.2, 0) is 52.6 Å². The quantitative estimate of drug-likeness (QED) is 0.0103. The minimum Gasteiger partial charge on any atom is -0.508 e. The van der Waals surface area contributed by atoms with Gasteiger partial charge in [-0.25, -0.2) is 0 Å². The molecule has 7 N–H and O–H groups in total. The molecule has 0 aromatic heterocycles. The van der Waals surface area contributed by atoms with Crippen LogP contribution in [0.3, 0.4) is 0 Å². The summed E-state index contributed by atoms with van der Waals surface area (Å²) in [6, 6.07) is 66.9. The Morgan fingerprint density at radius 1 is 0.336 bits per heavy atom. The summed E-state index contributed by atoms with van der Waals surface area (Å²) in [5, 5.41) is 64.3. The molecule has 19 heteroatoms. The SMILES string of the molecule is CCO[Si](CCCN(CCO)CCO)(OCC)OCC.CO[Si](C)(CCCNc1ccccc1)OC.CO[Si](C)(CCCS)OC.Cc1ccc(C2(c3ccc(C)c(C)c3)CCC(C(C)(C)C3CCC(c4ccc(C)c(C)c4)(c4ccc(C)c(C)c4)CC3)CC2)cc1C.Cc1ccc(C2(c3ccc(C)c(O)c3)CCC(C(C)(C)C3CCC(c4ccc(C)c(O)c4)(c4ccc(C)c(O)c4)CC3)CC2)cc1O. The van der Waals surface area contributed by atoms with Gasteiger partial charge in [0, 0.05) is 101 Å². The van der Waals surface area contributed by atoms with Crippen LogP contribution in [0, 0.1) is 118 Å². The van der Waals surface area contributed by atoms with Crippen molar-refractivity contribution in [2.75, 3.05) is 98.7 Å². The largest absolute Gasteiger partial charge is 0.508 e. The summed E-state index contributed by atoms with van der Waals surface area (Å²) in [5.74, 6) is 4.85. The molecule has 4 aliphatic carbocycles. The lowest BCUT2D eigenvalue weighted by atomic mass is 9.53. The van der Waals surface area contributed by atoms with Crippen molar-refractivity contribution in [3.63, 3.8) is 0 Å². The summed E-state index contributed by atoms with van der Waals surface area (Å²) in [6.07, 6.45) is 21.4. The van der Waals surface area contributed by atoms with Gasteiger partial charge in [0.25, 0.3) is 0 Å². The molecule has 4 aliphatic rings. The van der Waals surface area contributed by atoms with Gasteiger partial charge in [0.1, 0.15) is 23.0 Å². The zero-order valence-electron chi connectivity index (χ0n) is 90.6. The van der Waals surface area contributed by atoms with Crippen molar-refractivity contribution in [3.05, 3.63) is 287 Å². The van der Waals surface area contributed by atoms with Gasteiger partial charge in [-0.1, -0.05) is 167 Å². The van der Waals surface area contributed by atoms with E-state index in [4.69, 9.17) is 41.2 Å². The number of hydrogen-bond donors (Lipinski definition) is 8. The molecule has 9 aromatic carbocycles. The summed E-state index contributed by atoms with van der Waals surface area (Å²) in [6.45, 7) is 51.0. The fraction of sp³-hybridized carbons (Fsp3) is 0.554. The monoisotopic (exact) mass is 1990 g/mol. The first-order chi connectivity index (χ1) is 66.6. The number of benzene rings is 9. The molecular weight excluding hydrogens is 1810 g/mol. The lowest BCUT2D eigenvalue weighted by Gasteiger charge is -2.52. The van der Waals surface area contributed by atoms with Crippen LogP contribution in [0.5, 0.6) is 23.0 Å². The third-order valence-corrected chi connectivity index (χ3v) is 43.6. The van der Waals surface area contributed by atoms with E-state index in [0.717, 1.165) is 164 Å². The normalized spacial score (nSPS) is 16.5. The Bertz CT molecular complexity index is 4550. The van der Waals surface area contributed by atoms with Gasteiger partial charge < -0.3 is 66.9 Å². The summed E-state index contributed by atoms with van der Waals surface area (Å²) in [7, 11) is 0.703. The average Bonchev–Trinajstić information content (AvgIpc) is 0.722. The Balaban J connectivity index is 0.000000218. The number of aliphatic hydroxyl groups is 2. The predicted molar refractivity (Wildman–Crippen MR) is 593 cm³/mol. The van der Waals surface area contributed by atoms with Gasteiger partial charge in [0.05, 0.1) is 13.2 Å². The molecule has 0 unspecified atom stereocenters. The van der Waals surface area contributed by atoms with E-state index in [1.54, 1.807) is 28.4 Å². The van der Waals surface area contributed by atoms with Crippen LogP contribution >= 0.6 is 12.6 Å². The number of nitrogens with zero attached hydrogens (tertiary/aromatic N) is 1. The van der Waals surface area contributed by atoms with Crippen molar-refractivity contribution in [1.82, 2.24) is 4.90 Å². The third-order valence-electron chi connectivity index (χ3n) is 34.2. The van der Waals surface area contributed by atoms with Crippen LogP contribution in [0.2, 0.25) is 31.2 Å². The molecule has 0 aliphatic heterocycles. The molecule has 15 nitrogen and oxygen atoms in total. The average molecular weight is 1990 g/mol. The van der Waals surface area contributed by atoms with E-state index in [0.29, 0.717) is 73.2 Å². The first-order valence-corrected chi connectivity index (χ1v) is 60.2. The summed E-state index contributed by atoms with van der Waals surface area (Å²) < 4.78 is 38.8. The Morgan fingerprint density at radius 2 is 0.586 bits per heavy atom. The number of aryl methyl sites for hydroxylation is 12. The van der Waals surface area contributed by atoms with E-state index in [1.165, 1.54) is 124 Å². The fourth-order valence-electron chi connectivity index (χ4n) is 23.2. The number of phenolic OH excluding ortho intramolecular Hbond substituents is 4. The highest BCUT2D eigenvalue weighted by atomic mass is 32.1. The number of phenols is 4. The molecule has 0 saturated heterocycles. The zero-order valence-corrected chi connectivity index (χ0v) is 94.5. The lowest BCUT2D eigenvalue weighted by Crippen LogP contribution is -2.46. The van der Waals surface area contributed by atoms with Crippen LogP contribution in [0.1, 0.15) is 282 Å². The van der Waals surface area contributed by atoms with Crippen molar-refractivity contribution in [2.24, 2.45) is 34.5 Å². The third kappa shape index (κ3) is 29.1. The molecule has 0 spiro atoms. The molecular formula is C121H180N2O13SSi3. The van der Waals surface area contributed by atoms with Crippen LogP contribution in [0.25, 0.3) is 0 Å². The number of para-hydroxylation sites is 1. The highest BCUT2D eigenvalue weighted by molar-refractivity contribution is 7.80. The highest BCUT2D eigenvalue weighted by Gasteiger charge is 2.52. The Hall–Kier alpha value is -7.42. The van der Waals surface area contributed by atoms with E-state index >= 15 is 0 Å². The minimum atomic E-state index is -2.56. The molecule has 4 saturated carbocycles. The number of anilines is 1. The fourth-order valence-corrected chi connectivity index (χ4v) is 29.0. The van der Waals surface area contributed by atoms with Gasteiger partial charge in [-0.15, -0.1) is 0 Å². The summed E-state index contributed by atoms with van der Waals surface area (Å²) in [5.41, 5.74) is 26.8. The van der Waals surface area contributed by atoms with Gasteiger partial charge in [-0.05, 0) is 446 Å². The molecule has 0 amide bonds.